The maximum atomic E-state index is 13.2. The molecule has 2 aromatic rings. The minimum atomic E-state index is 0.0666. The zero-order chi connectivity index (χ0) is 22.5. The van der Waals surface area contributed by atoms with Crippen molar-refractivity contribution in [1.82, 2.24) is 19.9 Å². The molecule has 3 heterocycles. The Morgan fingerprint density at radius 3 is 2.38 bits per heavy atom. The van der Waals surface area contributed by atoms with Gasteiger partial charge in [0, 0.05) is 44.5 Å². The normalized spacial score (nSPS) is 18.8. The quantitative estimate of drug-likeness (QED) is 0.703. The molecule has 2 aliphatic heterocycles. The Balaban J connectivity index is 1.48. The Morgan fingerprint density at radius 2 is 1.75 bits per heavy atom. The SMILES string of the molecule is C=C(C)C1=CC(CC)C(c2ccccc2)=NN1CC(=O)N1CCN(c2ncccn2)CC1. The molecule has 0 aliphatic carbocycles. The number of piperazine rings is 1. The van der Waals surface area contributed by atoms with Crippen molar-refractivity contribution in [3.63, 3.8) is 0 Å². The van der Waals surface area contributed by atoms with Crippen molar-refractivity contribution < 1.29 is 4.79 Å². The van der Waals surface area contributed by atoms with Gasteiger partial charge in [0.1, 0.15) is 6.54 Å². The van der Waals surface area contributed by atoms with Crippen molar-refractivity contribution >= 4 is 17.6 Å². The van der Waals surface area contributed by atoms with Gasteiger partial charge in [-0.25, -0.2) is 9.97 Å². The lowest BCUT2D eigenvalue weighted by molar-refractivity contribution is -0.132. The molecule has 1 fully saturated rings. The fourth-order valence-electron chi connectivity index (χ4n) is 4.13. The van der Waals surface area contributed by atoms with E-state index in [4.69, 9.17) is 5.10 Å². The molecule has 1 aromatic heterocycles. The molecule has 0 radical (unpaired) electrons. The van der Waals surface area contributed by atoms with Crippen LogP contribution in [0, 0.1) is 5.92 Å². The Bertz CT molecular complexity index is 1010. The molecule has 0 saturated carbocycles. The lowest BCUT2D eigenvalue weighted by Gasteiger charge is -2.36. The van der Waals surface area contributed by atoms with Crippen LogP contribution in [-0.2, 0) is 4.79 Å². The van der Waals surface area contributed by atoms with Crippen LogP contribution in [0.3, 0.4) is 0 Å². The van der Waals surface area contributed by atoms with E-state index in [-0.39, 0.29) is 18.4 Å². The number of anilines is 1. The lowest BCUT2D eigenvalue weighted by Crippen LogP contribution is -2.51. The smallest absolute Gasteiger partial charge is 0.244 e. The number of allylic oxidation sites excluding steroid dienone is 2. The summed E-state index contributed by atoms with van der Waals surface area (Å²) in [5, 5.41) is 6.77. The zero-order valence-corrected chi connectivity index (χ0v) is 18.8. The van der Waals surface area contributed by atoms with E-state index in [1.165, 1.54) is 0 Å². The molecule has 1 amide bonds. The summed E-state index contributed by atoms with van der Waals surface area (Å²) in [6.07, 6.45) is 6.63. The van der Waals surface area contributed by atoms with Gasteiger partial charge in [-0.05, 0) is 36.6 Å². The summed E-state index contributed by atoms with van der Waals surface area (Å²) >= 11 is 0. The highest BCUT2D eigenvalue weighted by Gasteiger charge is 2.28. The van der Waals surface area contributed by atoms with Gasteiger partial charge in [0.15, 0.2) is 0 Å². The second-order valence-electron chi connectivity index (χ2n) is 8.17. The van der Waals surface area contributed by atoms with Crippen LogP contribution in [0.1, 0.15) is 25.8 Å². The molecule has 1 atom stereocenters. The molecule has 0 N–H and O–H groups in total. The molecular formula is C25H30N6O. The second kappa shape index (κ2) is 9.77. The highest BCUT2D eigenvalue weighted by molar-refractivity contribution is 6.03. The fraction of sp³-hybridized carbons (Fsp3) is 0.360. The van der Waals surface area contributed by atoms with Crippen LogP contribution >= 0.6 is 0 Å². The number of nitrogens with zero attached hydrogens (tertiary/aromatic N) is 6. The first-order valence-corrected chi connectivity index (χ1v) is 11.2. The van der Waals surface area contributed by atoms with Gasteiger partial charge in [-0.15, -0.1) is 0 Å². The highest BCUT2D eigenvalue weighted by atomic mass is 16.2. The third-order valence-corrected chi connectivity index (χ3v) is 5.92. The molecule has 1 unspecified atom stereocenters. The molecule has 7 heteroatoms. The van der Waals surface area contributed by atoms with Crippen molar-refractivity contribution in [2.75, 3.05) is 37.6 Å². The summed E-state index contributed by atoms with van der Waals surface area (Å²) in [4.78, 5) is 25.8. The van der Waals surface area contributed by atoms with Gasteiger partial charge in [-0.1, -0.05) is 43.8 Å². The summed E-state index contributed by atoms with van der Waals surface area (Å²) in [7, 11) is 0. The van der Waals surface area contributed by atoms with Crippen LogP contribution in [-0.4, -0.2) is 64.2 Å². The van der Waals surface area contributed by atoms with Crippen LogP contribution < -0.4 is 4.90 Å². The van der Waals surface area contributed by atoms with E-state index in [9.17, 15) is 4.79 Å². The molecule has 4 rings (SSSR count). The van der Waals surface area contributed by atoms with Gasteiger partial charge in [0.2, 0.25) is 11.9 Å². The van der Waals surface area contributed by atoms with E-state index in [1.807, 2.05) is 41.1 Å². The molecular weight excluding hydrogens is 400 g/mol. The summed E-state index contributed by atoms with van der Waals surface area (Å²) in [5.41, 5.74) is 3.93. The number of carbonyl (C=O) groups is 1. The van der Waals surface area contributed by atoms with Crippen molar-refractivity contribution in [2.24, 2.45) is 11.0 Å². The van der Waals surface area contributed by atoms with E-state index in [2.05, 4.69) is 46.6 Å². The number of aromatic nitrogens is 2. The third-order valence-electron chi connectivity index (χ3n) is 5.92. The van der Waals surface area contributed by atoms with Crippen molar-refractivity contribution in [1.29, 1.82) is 0 Å². The number of hydrogen-bond donors (Lipinski definition) is 0. The molecule has 1 saturated heterocycles. The maximum Gasteiger partial charge on any atom is 0.244 e. The van der Waals surface area contributed by atoms with Gasteiger partial charge in [-0.3, -0.25) is 9.80 Å². The molecule has 2 aliphatic rings. The number of hydrogen-bond acceptors (Lipinski definition) is 6. The van der Waals surface area contributed by atoms with E-state index in [0.29, 0.717) is 19.0 Å². The largest absolute Gasteiger partial charge is 0.338 e. The Kier molecular flexibility index (Phi) is 6.63. The van der Waals surface area contributed by atoms with E-state index >= 15 is 0 Å². The Hall–Kier alpha value is -3.48. The monoisotopic (exact) mass is 430 g/mol. The first kappa shape index (κ1) is 21.7. The van der Waals surface area contributed by atoms with Crippen molar-refractivity contribution in [3.8, 4) is 0 Å². The number of rotatable bonds is 6. The summed E-state index contributed by atoms with van der Waals surface area (Å²) in [6.45, 7) is 11.2. The van der Waals surface area contributed by atoms with Crippen molar-refractivity contribution in [3.05, 3.63) is 78.3 Å². The lowest BCUT2D eigenvalue weighted by atomic mass is 9.91. The van der Waals surface area contributed by atoms with Crippen LogP contribution in [0.4, 0.5) is 5.95 Å². The molecule has 0 spiro atoms. The highest BCUT2D eigenvalue weighted by Crippen LogP contribution is 2.28. The summed E-state index contributed by atoms with van der Waals surface area (Å²) in [6, 6.07) is 12.0. The molecule has 32 heavy (non-hydrogen) atoms. The van der Waals surface area contributed by atoms with Crippen LogP contribution in [0.15, 0.2) is 77.8 Å². The predicted molar refractivity (Wildman–Crippen MR) is 127 cm³/mol. The van der Waals surface area contributed by atoms with E-state index in [0.717, 1.165) is 42.1 Å². The molecule has 0 bridgehead atoms. The maximum absolute atomic E-state index is 13.2. The third kappa shape index (κ3) is 4.72. The first-order valence-electron chi connectivity index (χ1n) is 11.2. The second-order valence-corrected chi connectivity index (χ2v) is 8.17. The summed E-state index contributed by atoms with van der Waals surface area (Å²) < 4.78 is 0. The number of benzene rings is 1. The van der Waals surface area contributed by atoms with Gasteiger partial charge < -0.3 is 9.80 Å². The summed E-state index contributed by atoms with van der Waals surface area (Å²) in [5.74, 6) is 0.979. The molecule has 1 aromatic carbocycles. The van der Waals surface area contributed by atoms with E-state index < -0.39 is 0 Å². The molecule has 166 valence electrons. The fourth-order valence-corrected chi connectivity index (χ4v) is 4.13. The van der Waals surface area contributed by atoms with Gasteiger partial charge in [0.25, 0.3) is 0 Å². The standard InChI is InChI=1S/C25H30N6O/c1-4-20-17-22(19(2)3)31(28-24(20)21-9-6-5-7-10-21)18-23(32)29-13-15-30(16-14-29)25-26-11-8-12-27-25/h5-12,17,20H,2,4,13-16,18H2,1,3H3. The Morgan fingerprint density at radius 1 is 1.06 bits per heavy atom. The number of hydrazone groups is 1. The van der Waals surface area contributed by atoms with E-state index in [1.54, 1.807) is 12.4 Å². The van der Waals surface area contributed by atoms with Crippen LogP contribution in [0.5, 0.6) is 0 Å². The van der Waals surface area contributed by atoms with Gasteiger partial charge in [-0.2, -0.15) is 5.10 Å². The van der Waals surface area contributed by atoms with Crippen LogP contribution in [0.2, 0.25) is 0 Å². The molecule has 7 nitrogen and oxygen atoms in total. The van der Waals surface area contributed by atoms with Crippen LogP contribution in [0.25, 0.3) is 0 Å². The number of carbonyl (C=O) groups excluding carboxylic acids is 1. The van der Waals surface area contributed by atoms with Crippen molar-refractivity contribution in [2.45, 2.75) is 20.3 Å². The topological polar surface area (TPSA) is 64.9 Å². The minimum Gasteiger partial charge on any atom is -0.338 e. The Labute approximate surface area is 189 Å². The first-order chi connectivity index (χ1) is 15.6. The predicted octanol–water partition coefficient (Wildman–Crippen LogP) is 3.33. The zero-order valence-electron chi connectivity index (χ0n) is 18.8. The number of amides is 1. The average Bonchev–Trinajstić information content (AvgIpc) is 2.84. The average molecular weight is 431 g/mol. The van der Waals surface area contributed by atoms with Gasteiger partial charge in [0.05, 0.1) is 11.4 Å². The van der Waals surface area contributed by atoms with Gasteiger partial charge >= 0.3 is 0 Å². The minimum absolute atomic E-state index is 0.0666.